The van der Waals surface area contributed by atoms with E-state index in [4.69, 9.17) is 9.47 Å². The summed E-state index contributed by atoms with van der Waals surface area (Å²) < 4.78 is 36.8. The van der Waals surface area contributed by atoms with Crippen LogP contribution in [0.5, 0.6) is 11.5 Å². The van der Waals surface area contributed by atoms with E-state index in [-0.39, 0.29) is 18.4 Å². The molecule has 0 saturated heterocycles. The molecule has 3 rings (SSSR count). The maximum Gasteiger partial charge on any atom is 0.234 e. The first-order valence-electron chi connectivity index (χ1n) is 7.04. The minimum Gasteiger partial charge on any atom is -0.454 e. The minimum atomic E-state index is -1.01. The van der Waals surface area contributed by atoms with Crippen LogP contribution in [0, 0.1) is 11.6 Å². The number of nitrogens with one attached hydrogen (secondary N) is 1. The zero-order valence-electron chi connectivity index (χ0n) is 12.7. The molecule has 0 aromatic heterocycles. The Kier molecular flexibility index (Phi) is 3.67. The lowest BCUT2D eigenvalue weighted by Crippen LogP contribution is -2.34. The topological polar surface area (TPSA) is 47.6 Å². The van der Waals surface area contributed by atoms with Gasteiger partial charge in [0.05, 0.1) is 5.41 Å². The Hall–Kier alpha value is -2.63. The second-order valence-corrected chi connectivity index (χ2v) is 5.78. The molecule has 0 aliphatic carbocycles. The van der Waals surface area contributed by atoms with Crippen molar-refractivity contribution in [2.75, 3.05) is 12.1 Å². The molecule has 120 valence electrons. The van der Waals surface area contributed by atoms with E-state index in [1.165, 1.54) is 6.07 Å². The Labute approximate surface area is 132 Å². The van der Waals surface area contributed by atoms with Crippen molar-refractivity contribution in [1.29, 1.82) is 0 Å². The summed E-state index contributed by atoms with van der Waals surface area (Å²) in [6.07, 6.45) is 0. The average molecular weight is 319 g/mol. The van der Waals surface area contributed by atoms with Gasteiger partial charge in [-0.3, -0.25) is 4.79 Å². The van der Waals surface area contributed by atoms with E-state index in [9.17, 15) is 13.6 Å². The van der Waals surface area contributed by atoms with Crippen molar-refractivity contribution in [1.82, 2.24) is 0 Å². The third kappa shape index (κ3) is 2.84. The molecule has 1 aliphatic rings. The van der Waals surface area contributed by atoms with Crippen molar-refractivity contribution in [3.63, 3.8) is 0 Å². The van der Waals surface area contributed by atoms with Gasteiger partial charge in [0, 0.05) is 11.8 Å². The smallest absolute Gasteiger partial charge is 0.234 e. The fraction of sp³-hybridized carbons (Fsp3) is 0.235. The van der Waals surface area contributed by atoms with Gasteiger partial charge in [-0.05, 0) is 43.7 Å². The van der Waals surface area contributed by atoms with Crippen LogP contribution in [-0.2, 0) is 10.2 Å². The van der Waals surface area contributed by atoms with Gasteiger partial charge in [-0.15, -0.1) is 0 Å². The van der Waals surface area contributed by atoms with Crippen LogP contribution < -0.4 is 14.8 Å². The minimum absolute atomic E-state index is 0.153. The molecular formula is C17H15F2NO3. The monoisotopic (exact) mass is 319 g/mol. The summed E-state index contributed by atoms with van der Waals surface area (Å²) in [4.78, 5) is 12.5. The predicted molar refractivity (Wildman–Crippen MR) is 80.6 cm³/mol. The number of ether oxygens (including phenoxy) is 2. The molecule has 0 bridgehead atoms. The lowest BCUT2D eigenvalue weighted by Gasteiger charge is -2.24. The third-order valence-electron chi connectivity index (χ3n) is 3.84. The SMILES string of the molecule is CC(C)(C(=O)Nc1ccc(F)c(F)c1)c1ccc2c(c1)OCO2. The number of anilines is 1. The molecule has 1 N–H and O–H groups in total. The van der Waals surface area contributed by atoms with E-state index in [2.05, 4.69) is 5.32 Å². The highest BCUT2D eigenvalue weighted by Crippen LogP contribution is 2.36. The van der Waals surface area contributed by atoms with E-state index >= 15 is 0 Å². The normalized spacial score (nSPS) is 13.0. The molecular weight excluding hydrogens is 304 g/mol. The van der Waals surface area contributed by atoms with Crippen LogP contribution in [0.2, 0.25) is 0 Å². The molecule has 0 spiro atoms. The molecule has 0 saturated carbocycles. The van der Waals surface area contributed by atoms with E-state index in [0.29, 0.717) is 11.5 Å². The maximum atomic E-state index is 13.2. The Balaban J connectivity index is 1.83. The quantitative estimate of drug-likeness (QED) is 0.940. The number of benzene rings is 2. The molecule has 1 amide bonds. The van der Waals surface area contributed by atoms with Gasteiger partial charge in [0.15, 0.2) is 23.1 Å². The van der Waals surface area contributed by atoms with Gasteiger partial charge in [-0.2, -0.15) is 0 Å². The summed E-state index contributed by atoms with van der Waals surface area (Å²) in [6.45, 7) is 3.62. The fourth-order valence-corrected chi connectivity index (χ4v) is 2.28. The first-order chi connectivity index (χ1) is 10.9. The number of rotatable bonds is 3. The first-order valence-corrected chi connectivity index (χ1v) is 7.04. The van der Waals surface area contributed by atoms with Gasteiger partial charge in [-0.25, -0.2) is 8.78 Å². The number of hydrogen-bond acceptors (Lipinski definition) is 3. The van der Waals surface area contributed by atoms with Gasteiger partial charge in [-0.1, -0.05) is 6.07 Å². The summed E-state index contributed by atoms with van der Waals surface area (Å²) >= 11 is 0. The molecule has 0 atom stereocenters. The van der Waals surface area contributed by atoms with Crippen molar-refractivity contribution in [3.8, 4) is 11.5 Å². The predicted octanol–water partition coefficient (Wildman–Crippen LogP) is 3.61. The zero-order valence-corrected chi connectivity index (χ0v) is 12.7. The molecule has 0 fully saturated rings. The highest BCUT2D eigenvalue weighted by molar-refractivity contribution is 5.98. The van der Waals surface area contributed by atoms with Crippen LogP contribution in [0.1, 0.15) is 19.4 Å². The Morgan fingerprint density at radius 3 is 2.52 bits per heavy atom. The molecule has 2 aromatic carbocycles. The zero-order chi connectivity index (χ0) is 16.6. The Morgan fingerprint density at radius 1 is 1.04 bits per heavy atom. The van der Waals surface area contributed by atoms with Crippen molar-refractivity contribution < 1.29 is 23.0 Å². The second kappa shape index (κ2) is 5.53. The lowest BCUT2D eigenvalue weighted by atomic mass is 9.83. The second-order valence-electron chi connectivity index (χ2n) is 5.78. The molecule has 6 heteroatoms. The highest BCUT2D eigenvalue weighted by atomic mass is 19.2. The number of hydrogen-bond donors (Lipinski definition) is 1. The number of halogens is 2. The summed E-state index contributed by atoms with van der Waals surface area (Å²) in [5.74, 6) is -1.11. The average Bonchev–Trinajstić information content (AvgIpc) is 2.98. The van der Waals surface area contributed by atoms with Crippen LogP contribution in [-0.4, -0.2) is 12.7 Å². The first kappa shape index (κ1) is 15.3. The Morgan fingerprint density at radius 2 is 1.78 bits per heavy atom. The fourth-order valence-electron chi connectivity index (χ4n) is 2.28. The standard InChI is InChI=1S/C17H15F2NO3/c1-17(2,10-3-6-14-15(7-10)23-9-22-14)16(21)20-11-4-5-12(18)13(19)8-11/h3-8H,9H2,1-2H3,(H,20,21). The molecule has 1 aliphatic heterocycles. The summed E-state index contributed by atoms with van der Waals surface area (Å²) in [5.41, 5.74) is 0.0239. The van der Waals surface area contributed by atoms with E-state index < -0.39 is 17.0 Å². The third-order valence-corrected chi connectivity index (χ3v) is 3.84. The Bertz CT molecular complexity index is 774. The largest absolute Gasteiger partial charge is 0.454 e. The molecule has 1 heterocycles. The molecule has 2 aromatic rings. The van der Waals surface area contributed by atoms with Gasteiger partial charge < -0.3 is 14.8 Å². The van der Waals surface area contributed by atoms with Crippen LogP contribution in [0.3, 0.4) is 0 Å². The van der Waals surface area contributed by atoms with Crippen LogP contribution in [0.15, 0.2) is 36.4 Å². The lowest BCUT2D eigenvalue weighted by molar-refractivity contribution is -0.120. The summed E-state index contributed by atoms with van der Waals surface area (Å²) in [6, 6.07) is 8.49. The van der Waals surface area contributed by atoms with Crippen LogP contribution in [0.4, 0.5) is 14.5 Å². The number of carbonyl (C=O) groups excluding carboxylic acids is 1. The maximum absolute atomic E-state index is 13.2. The van der Waals surface area contributed by atoms with Gasteiger partial charge >= 0.3 is 0 Å². The van der Waals surface area contributed by atoms with Gasteiger partial charge in [0.2, 0.25) is 12.7 Å². The van der Waals surface area contributed by atoms with Crippen molar-refractivity contribution in [2.24, 2.45) is 0 Å². The molecule has 0 unspecified atom stereocenters. The van der Waals surface area contributed by atoms with Gasteiger partial charge in [0.1, 0.15) is 0 Å². The van der Waals surface area contributed by atoms with E-state index in [0.717, 1.165) is 17.7 Å². The highest BCUT2D eigenvalue weighted by Gasteiger charge is 2.31. The molecule has 0 radical (unpaired) electrons. The van der Waals surface area contributed by atoms with Gasteiger partial charge in [0.25, 0.3) is 0 Å². The van der Waals surface area contributed by atoms with Crippen molar-refractivity contribution in [3.05, 3.63) is 53.6 Å². The van der Waals surface area contributed by atoms with E-state index in [1.807, 2.05) is 0 Å². The number of fused-ring (bicyclic) bond motifs is 1. The summed E-state index contributed by atoms with van der Waals surface area (Å²) in [5, 5.41) is 2.60. The molecule has 23 heavy (non-hydrogen) atoms. The van der Waals surface area contributed by atoms with E-state index in [1.54, 1.807) is 32.0 Å². The number of amides is 1. The molecule has 4 nitrogen and oxygen atoms in total. The van der Waals surface area contributed by atoms with Crippen molar-refractivity contribution in [2.45, 2.75) is 19.3 Å². The summed E-state index contributed by atoms with van der Waals surface area (Å²) in [7, 11) is 0. The van der Waals surface area contributed by atoms with Crippen molar-refractivity contribution >= 4 is 11.6 Å². The van der Waals surface area contributed by atoms with Crippen LogP contribution >= 0.6 is 0 Å². The number of carbonyl (C=O) groups is 1. The van der Waals surface area contributed by atoms with Crippen LogP contribution in [0.25, 0.3) is 0 Å².